The van der Waals surface area contributed by atoms with Crippen molar-refractivity contribution in [2.45, 2.75) is 0 Å². The Hall–Kier alpha value is -2.79. The van der Waals surface area contributed by atoms with Gasteiger partial charge in [0.05, 0.1) is 16.2 Å². The first-order chi connectivity index (χ1) is 14.1. The Bertz CT molecular complexity index is 1200. The molecule has 0 atom stereocenters. The molecule has 1 heterocycles. The lowest BCUT2D eigenvalue weighted by atomic mass is 10.0. The molecule has 1 aromatic heterocycles. The Balaban J connectivity index is 1.76. The molecule has 4 rings (SSSR count). The second-order valence-electron chi connectivity index (χ2n) is 6.68. The van der Waals surface area contributed by atoms with Crippen LogP contribution in [-0.2, 0) is 0 Å². The molecular formula is C23H19Cl2N3O. The second kappa shape index (κ2) is 8.29. The van der Waals surface area contributed by atoms with Gasteiger partial charge in [0.25, 0.3) is 5.91 Å². The first-order valence-electron chi connectivity index (χ1n) is 9.22. The van der Waals surface area contributed by atoms with Gasteiger partial charge in [0, 0.05) is 29.9 Å². The number of fused-ring (bicyclic) bond motifs is 1. The summed E-state index contributed by atoms with van der Waals surface area (Å²) in [6, 6.07) is 21.3. The number of rotatable bonds is 5. The van der Waals surface area contributed by atoms with Crippen molar-refractivity contribution in [2.24, 2.45) is 5.73 Å². The molecule has 0 radical (unpaired) electrons. The lowest BCUT2D eigenvalue weighted by Gasteiger charge is -2.10. The highest BCUT2D eigenvalue weighted by molar-refractivity contribution is 6.35. The van der Waals surface area contributed by atoms with Gasteiger partial charge in [-0.25, -0.2) is 0 Å². The average Bonchev–Trinajstić information content (AvgIpc) is 3.15. The second-order valence-corrected chi connectivity index (χ2v) is 7.52. The van der Waals surface area contributed by atoms with Crippen molar-refractivity contribution in [2.75, 3.05) is 13.1 Å². The summed E-state index contributed by atoms with van der Waals surface area (Å²) in [5.74, 6) is -0.130. The fourth-order valence-electron chi connectivity index (χ4n) is 3.32. The van der Waals surface area contributed by atoms with Crippen molar-refractivity contribution >= 4 is 40.0 Å². The van der Waals surface area contributed by atoms with Crippen LogP contribution in [0.3, 0.4) is 0 Å². The molecule has 0 saturated carbocycles. The number of hydrogen-bond acceptors (Lipinski definition) is 2. The van der Waals surface area contributed by atoms with E-state index in [0.717, 1.165) is 27.7 Å². The van der Waals surface area contributed by atoms with Crippen LogP contribution >= 0.6 is 23.2 Å². The highest BCUT2D eigenvalue weighted by Crippen LogP contribution is 2.31. The molecule has 1 amide bonds. The standard InChI is InChI=1S/C23H19Cl2N3O/c24-19-6-7-21(20(25)14-19)28-11-8-15-4-5-17(13-22(15)28)16-2-1-3-18(12-16)23(29)27-10-9-26/h1-8,11-14H,9-10,26H2,(H,27,29). The maximum atomic E-state index is 12.3. The minimum absolute atomic E-state index is 0.130. The minimum Gasteiger partial charge on any atom is -0.351 e. The van der Waals surface area contributed by atoms with E-state index >= 15 is 0 Å². The van der Waals surface area contributed by atoms with Crippen LogP contribution in [0.2, 0.25) is 10.0 Å². The molecule has 4 nitrogen and oxygen atoms in total. The van der Waals surface area contributed by atoms with Crippen LogP contribution < -0.4 is 11.1 Å². The lowest BCUT2D eigenvalue weighted by Crippen LogP contribution is -2.28. The summed E-state index contributed by atoms with van der Waals surface area (Å²) in [4.78, 5) is 12.3. The third-order valence-electron chi connectivity index (χ3n) is 4.75. The number of aromatic nitrogens is 1. The summed E-state index contributed by atoms with van der Waals surface area (Å²) in [5.41, 5.74) is 9.92. The van der Waals surface area contributed by atoms with Crippen molar-refractivity contribution in [3.8, 4) is 16.8 Å². The number of nitrogens with two attached hydrogens (primary N) is 1. The topological polar surface area (TPSA) is 60.0 Å². The van der Waals surface area contributed by atoms with Gasteiger partial charge in [-0.1, -0.05) is 47.5 Å². The Morgan fingerprint density at radius 1 is 0.966 bits per heavy atom. The van der Waals surface area contributed by atoms with Crippen LogP contribution in [0, 0.1) is 0 Å². The molecule has 0 spiro atoms. The minimum atomic E-state index is -0.130. The molecule has 146 valence electrons. The normalized spacial score (nSPS) is 11.0. The van der Waals surface area contributed by atoms with Gasteiger partial charge in [0.15, 0.2) is 0 Å². The van der Waals surface area contributed by atoms with E-state index in [1.165, 1.54) is 0 Å². The van der Waals surface area contributed by atoms with E-state index in [9.17, 15) is 4.79 Å². The number of carbonyl (C=O) groups is 1. The summed E-state index contributed by atoms with van der Waals surface area (Å²) in [6.45, 7) is 0.858. The van der Waals surface area contributed by atoms with Gasteiger partial charge in [-0.05, 0) is 59.0 Å². The van der Waals surface area contributed by atoms with Crippen LogP contribution in [0.5, 0.6) is 0 Å². The third-order valence-corrected chi connectivity index (χ3v) is 5.29. The Kier molecular flexibility index (Phi) is 5.58. The van der Waals surface area contributed by atoms with Crippen molar-refractivity contribution in [3.63, 3.8) is 0 Å². The van der Waals surface area contributed by atoms with Crippen LogP contribution in [0.1, 0.15) is 10.4 Å². The van der Waals surface area contributed by atoms with Gasteiger partial charge in [-0.2, -0.15) is 0 Å². The van der Waals surface area contributed by atoms with Crippen LogP contribution in [0.15, 0.2) is 72.9 Å². The largest absolute Gasteiger partial charge is 0.351 e. The zero-order chi connectivity index (χ0) is 20.4. The number of amides is 1. The Morgan fingerprint density at radius 2 is 1.79 bits per heavy atom. The molecule has 0 fully saturated rings. The van der Waals surface area contributed by atoms with E-state index in [4.69, 9.17) is 28.9 Å². The van der Waals surface area contributed by atoms with Gasteiger partial charge in [0.2, 0.25) is 0 Å². The SMILES string of the molecule is NCCNC(=O)c1cccc(-c2ccc3ccn(-c4ccc(Cl)cc4Cl)c3c2)c1. The predicted molar refractivity (Wildman–Crippen MR) is 120 cm³/mol. The number of hydrogen-bond donors (Lipinski definition) is 2. The predicted octanol–water partition coefficient (Wildman–Crippen LogP) is 5.29. The number of carbonyl (C=O) groups excluding carboxylic acids is 1. The first kappa shape index (κ1) is 19.5. The fraction of sp³-hybridized carbons (Fsp3) is 0.0870. The molecular weight excluding hydrogens is 405 g/mol. The Labute approximate surface area is 178 Å². The zero-order valence-electron chi connectivity index (χ0n) is 15.5. The fourth-order valence-corrected chi connectivity index (χ4v) is 3.82. The van der Waals surface area contributed by atoms with E-state index in [0.29, 0.717) is 28.7 Å². The molecule has 0 bridgehead atoms. The van der Waals surface area contributed by atoms with Crippen molar-refractivity contribution in [1.82, 2.24) is 9.88 Å². The van der Waals surface area contributed by atoms with Crippen molar-refractivity contribution in [3.05, 3.63) is 88.5 Å². The molecule has 0 aliphatic rings. The van der Waals surface area contributed by atoms with E-state index in [2.05, 4.69) is 17.4 Å². The molecule has 3 N–H and O–H groups in total. The molecule has 6 heteroatoms. The lowest BCUT2D eigenvalue weighted by molar-refractivity contribution is 0.0955. The van der Waals surface area contributed by atoms with Gasteiger partial charge in [0.1, 0.15) is 0 Å². The number of nitrogens with one attached hydrogen (secondary N) is 1. The molecule has 3 aromatic carbocycles. The quantitative estimate of drug-likeness (QED) is 0.457. The number of benzene rings is 3. The van der Waals surface area contributed by atoms with E-state index in [-0.39, 0.29) is 5.91 Å². The van der Waals surface area contributed by atoms with E-state index in [1.54, 1.807) is 12.1 Å². The number of nitrogens with zero attached hydrogens (tertiary/aromatic N) is 1. The summed E-state index contributed by atoms with van der Waals surface area (Å²) in [6.07, 6.45) is 1.99. The summed E-state index contributed by atoms with van der Waals surface area (Å²) in [7, 11) is 0. The molecule has 29 heavy (non-hydrogen) atoms. The average molecular weight is 424 g/mol. The van der Waals surface area contributed by atoms with Gasteiger partial charge in [-0.15, -0.1) is 0 Å². The van der Waals surface area contributed by atoms with E-state index in [1.807, 2.05) is 53.2 Å². The van der Waals surface area contributed by atoms with Crippen molar-refractivity contribution in [1.29, 1.82) is 0 Å². The molecule has 0 saturated heterocycles. The monoisotopic (exact) mass is 423 g/mol. The molecule has 4 aromatic rings. The summed E-state index contributed by atoms with van der Waals surface area (Å²) < 4.78 is 2.04. The van der Waals surface area contributed by atoms with Gasteiger partial charge < -0.3 is 15.6 Å². The van der Waals surface area contributed by atoms with Crippen LogP contribution in [0.4, 0.5) is 0 Å². The highest BCUT2D eigenvalue weighted by atomic mass is 35.5. The van der Waals surface area contributed by atoms with E-state index < -0.39 is 0 Å². The van der Waals surface area contributed by atoms with Gasteiger partial charge >= 0.3 is 0 Å². The smallest absolute Gasteiger partial charge is 0.251 e. The van der Waals surface area contributed by atoms with Gasteiger partial charge in [-0.3, -0.25) is 4.79 Å². The first-order valence-corrected chi connectivity index (χ1v) is 9.97. The van der Waals surface area contributed by atoms with Crippen LogP contribution in [-0.4, -0.2) is 23.6 Å². The maximum Gasteiger partial charge on any atom is 0.251 e. The van der Waals surface area contributed by atoms with Crippen molar-refractivity contribution < 1.29 is 4.79 Å². The number of halogens is 2. The maximum absolute atomic E-state index is 12.3. The zero-order valence-corrected chi connectivity index (χ0v) is 17.0. The molecule has 0 aliphatic carbocycles. The molecule has 0 unspecified atom stereocenters. The third kappa shape index (κ3) is 4.01. The summed E-state index contributed by atoms with van der Waals surface area (Å²) in [5, 5.41) is 5.07. The summed E-state index contributed by atoms with van der Waals surface area (Å²) >= 11 is 12.5. The molecule has 0 aliphatic heterocycles. The Morgan fingerprint density at radius 3 is 2.59 bits per heavy atom. The highest BCUT2D eigenvalue weighted by Gasteiger charge is 2.11. The van der Waals surface area contributed by atoms with Crippen LogP contribution in [0.25, 0.3) is 27.7 Å².